The lowest BCUT2D eigenvalue weighted by Crippen LogP contribution is -2.45. The maximum absolute atomic E-state index is 12.0. The van der Waals surface area contributed by atoms with Crippen molar-refractivity contribution in [3.63, 3.8) is 0 Å². The van der Waals surface area contributed by atoms with Crippen molar-refractivity contribution < 1.29 is 14.7 Å². The van der Waals surface area contributed by atoms with Crippen molar-refractivity contribution in [3.8, 4) is 0 Å². The zero-order valence-electron chi connectivity index (χ0n) is 11.9. The van der Waals surface area contributed by atoms with Crippen molar-refractivity contribution in [2.45, 2.75) is 36.5 Å². The van der Waals surface area contributed by atoms with E-state index in [9.17, 15) is 14.7 Å². The Balaban J connectivity index is 1.89. The highest BCUT2D eigenvalue weighted by atomic mass is 32.2. The zero-order valence-corrected chi connectivity index (χ0v) is 13.6. The van der Waals surface area contributed by atoms with E-state index in [4.69, 9.17) is 0 Å². The van der Waals surface area contributed by atoms with E-state index in [1.54, 1.807) is 29.3 Å². The van der Waals surface area contributed by atoms with Crippen LogP contribution in [0.5, 0.6) is 0 Å². The number of carboxylic acid groups (broad SMARTS) is 1. The SMILES string of the molecule is CSC1(CNC(=O)NC(C(=O)O)c2cccs2)CCCC1. The first-order chi connectivity index (χ1) is 10.1. The summed E-state index contributed by atoms with van der Waals surface area (Å²) < 4.78 is 0.110. The summed E-state index contributed by atoms with van der Waals surface area (Å²) in [7, 11) is 0. The van der Waals surface area contributed by atoms with Crippen LogP contribution in [0.4, 0.5) is 4.79 Å². The Hall–Kier alpha value is -1.21. The number of carbonyl (C=O) groups is 2. The number of rotatable bonds is 6. The summed E-state index contributed by atoms with van der Waals surface area (Å²) in [6, 6.07) is 2.08. The molecule has 1 aromatic heterocycles. The van der Waals surface area contributed by atoms with Crippen LogP contribution in [0.1, 0.15) is 36.6 Å². The zero-order chi connectivity index (χ0) is 15.3. The van der Waals surface area contributed by atoms with E-state index in [1.165, 1.54) is 24.2 Å². The van der Waals surface area contributed by atoms with E-state index in [0.717, 1.165) is 12.8 Å². The second kappa shape index (κ2) is 7.17. The van der Waals surface area contributed by atoms with Crippen LogP contribution < -0.4 is 10.6 Å². The average molecular weight is 328 g/mol. The third-order valence-corrected chi connectivity index (χ3v) is 6.22. The number of carboxylic acids is 1. The van der Waals surface area contributed by atoms with Crippen LogP contribution in [0.2, 0.25) is 0 Å². The van der Waals surface area contributed by atoms with Gasteiger partial charge in [0.15, 0.2) is 6.04 Å². The third-order valence-electron chi connectivity index (χ3n) is 3.87. The number of thiophene rings is 1. The molecule has 1 unspecified atom stereocenters. The van der Waals surface area contributed by atoms with Crippen LogP contribution in [0.25, 0.3) is 0 Å². The number of hydrogen-bond donors (Lipinski definition) is 3. The van der Waals surface area contributed by atoms with Crippen LogP contribution >= 0.6 is 23.1 Å². The van der Waals surface area contributed by atoms with Crippen LogP contribution in [-0.4, -0.2) is 34.7 Å². The quantitative estimate of drug-likeness (QED) is 0.750. The molecule has 0 bridgehead atoms. The van der Waals surface area contributed by atoms with E-state index >= 15 is 0 Å². The molecule has 0 saturated heterocycles. The molecule has 0 aromatic carbocycles. The smallest absolute Gasteiger partial charge is 0.331 e. The Morgan fingerprint density at radius 1 is 1.48 bits per heavy atom. The molecule has 1 aromatic rings. The summed E-state index contributed by atoms with van der Waals surface area (Å²) in [5.41, 5.74) is 0. The summed E-state index contributed by atoms with van der Waals surface area (Å²) in [4.78, 5) is 23.9. The molecular formula is C14H20N2O3S2. The fourth-order valence-electron chi connectivity index (χ4n) is 2.61. The summed E-state index contributed by atoms with van der Waals surface area (Å²) in [5, 5.41) is 16.4. The molecule has 116 valence electrons. The molecule has 1 atom stereocenters. The number of hydrogen-bond acceptors (Lipinski definition) is 4. The Kier molecular flexibility index (Phi) is 5.52. The Labute approximate surface area is 132 Å². The minimum absolute atomic E-state index is 0.110. The van der Waals surface area contributed by atoms with Gasteiger partial charge in [0, 0.05) is 16.2 Å². The molecule has 0 radical (unpaired) electrons. The van der Waals surface area contributed by atoms with Crippen molar-refractivity contribution in [3.05, 3.63) is 22.4 Å². The Morgan fingerprint density at radius 3 is 2.71 bits per heavy atom. The minimum atomic E-state index is -1.05. The van der Waals surface area contributed by atoms with Gasteiger partial charge in [-0.25, -0.2) is 9.59 Å². The maximum atomic E-state index is 12.0. The molecule has 0 aliphatic heterocycles. The molecule has 1 aliphatic carbocycles. The molecule has 3 N–H and O–H groups in total. The summed E-state index contributed by atoms with van der Waals surface area (Å²) in [5.74, 6) is -1.05. The van der Waals surface area contributed by atoms with Gasteiger partial charge in [0.05, 0.1) is 0 Å². The minimum Gasteiger partial charge on any atom is -0.479 e. The molecule has 1 aliphatic rings. The molecule has 1 saturated carbocycles. The number of nitrogens with one attached hydrogen (secondary N) is 2. The van der Waals surface area contributed by atoms with Crippen LogP contribution in [0, 0.1) is 0 Å². The maximum Gasteiger partial charge on any atom is 0.331 e. The van der Waals surface area contributed by atoms with Gasteiger partial charge in [0.2, 0.25) is 0 Å². The standard InChI is InChI=1S/C14H20N2O3S2/c1-20-14(6-2-3-7-14)9-15-13(19)16-11(12(17)18)10-5-4-8-21-10/h4-5,8,11H,2-3,6-7,9H2,1H3,(H,17,18)(H2,15,16,19). The van der Waals surface area contributed by atoms with E-state index < -0.39 is 18.0 Å². The van der Waals surface area contributed by atoms with Gasteiger partial charge in [-0.1, -0.05) is 18.9 Å². The van der Waals surface area contributed by atoms with Crippen molar-refractivity contribution in [1.82, 2.24) is 10.6 Å². The summed E-state index contributed by atoms with van der Waals surface area (Å²) in [6.45, 7) is 0.580. The fraction of sp³-hybridized carbons (Fsp3) is 0.571. The van der Waals surface area contributed by atoms with Gasteiger partial charge in [-0.3, -0.25) is 0 Å². The van der Waals surface area contributed by atoms with E-state index in [1.807, 2.05) is 0 Å². The first kappa shape index (κ1) is 16.2. The molecule has 21 heavy (non-hydrogen) atoms. The highest BCUT2D eigenvalue weighted by Crippen LogP contribution is 2.39. The predicted octanol–water partition coefficient (Wildman–Crippen LogP) is 2.85. The predicted molar refractivity (Wildman–Crippen MR) is 85.9 cm³/mol. The Bertz CT molecular complexity index is 484. The first-order valence-corrected chi connectivity index (χ1v) is 9.02. The largest absolute Gasteiger partial charge is 0.479 e. The second-order valence-corrected chi connectivity index (χ2v) is 7.46. The third kappa shape index (κ3) is 4.14. The van der Waals surface area contributed by atoms with Crippen molar-refractivity contribution in [2.24, 2.45) is 0 Å². The molecule has 2 amide bonds. The molecule has 1 fully saturated rings. The number of carbonyl (C=O) groups excluding carboxylic acids is 1. The van der Waals surface area contributed by atoms with Gasteiger partial charge in [-0.05, 0) is 30.5 Å². The van der Waals surface area contributed by atoms with E-state index in [2.05, 4.69) is 16.9 Å². The Morgan fingerprint density at radius 2 is 2.19 bits per heavy atom. The number of thioether (sulfide) groups is 1. The lowest BCUT2D eigenvalue weighted by molar-refractivity contribution is -0.139. The van der Waals surface area contributed by atoms with Crippen LogP contribution in [-0.2, 0) is 4.79 Å². The molecule has 1 heterocycles. The first-order valence-electron chi connectivity index (χ1n) is 6.92. The lowest BCUT2D eigenvalue weighted by Gasteiger charge is -2.27. The number of amides is 2. The van der Waals surface area contributed by atoms with Crippen molar-refractivity contribution in [1.29, 1.82) is 0 Å². The van der Waals surface area contributed by atoms with Gasteiger partial charge < -0.3 is 15.7 Å². The van der Waals surface area contributed by atoms with E-state index in [0.29, 0.717) is 11.4 Å². The topological polar surface area (TPSA) is 78.4 Å². The molecule has 7 heteroatoms. The van der Waals surface area contributed by atoms with Gasteiger partial charge in [-0.2, -0.15) is 11.8 Å². The second-order valence-electron chi connectivity index (χ2n) is 5.21. The molecular weight excluding hydrogens is 308 g/mol. The normalized spacial score (nSPS) is 18.1. The fourth-order valence-corrected chi connectivity index (χ4v) is 4.29. The molecule has 5 nitrogen and oxygen atoms in total. The van der Waals surface area contributed by atoms with Crippen LogP contribution in [0.15, 0.2) is 17.5 Å². The van der Waals surface area contributed by atoms with Gasteiger partial charge in [0.25, 0.3) is 0 Å². The van der Waals surface area contributed by atoms with Crippen molar-refractivity contribution >= 4 is 35.1 Å². The van der Waals surface area contributed by atoms with Gasteiger partial charge >= 0.3 is 12.0 Å². The lowest BCUT2D eigenvalue weighted by atomic mass is 10.1. The number of urea groups is 1. The van der Waals surface area contributed by atoms with Crippen LogP contribution in [0.3, 0.4) is 0 Å². The summed E-state index contributed by atoms with van der Waals surface area (Å²) >= 11 is 3.11. The highest BCUT2D eigenvalue weighted by Gasteiger charge is 2.33. The van der Waals surface area contributed by atoms with E-state index in [-0.39, 0.29) is 4.75 Å². The monoisotopic (exact) mass is 328 g/mol. The summed E-state index contributed by atoms with van der Waals surface area (Å²) in [6.07, 6.45) is 6.65. The average Bonchev–Trinajstić information content (AvgIpc) is 3.14. The molecule has 0 spiro atoms. The highest BCUT2D eigenvalue weighted by molar-refractivity contribution is 8.00. The molecule has 2 rings (SSSR count). The number of aliphatic carboxylic acids is 1. The van der Waals surface area contributed by atoms with Gasteiger partial charge in [-0.15, -0.1) is 11.3 Å². The van der Waals surface area contributed by atoms with Gasteiger partial charge in [0.1, 0.15) is 0 Å². The van der Waals surface area contributed by atoms with Crippen molar-refractivity contribution in [2.75, 3.05) is 12.8 Å².